The van der Waals surface area contributed by atoms with Crippen LogP contribution in [0, 0.1) is 0 Å². The topological polar surface area (TPSA) is 32.3 Å². The molecule has 0 saturated heterocycles. The fourth-order valence-electron chi connectivity index (χ4n) is 0.587. The second-order valence-electron chi connectivity index (χ2n) is 1.95. The summed E-state index contributed by atoms with van der Waals surface area (Å²) in [4.78, 5) is 0. The third-order valence-corrected chi connectivity index (χ3v) is 1.94. The fourth-order valence-corrected chi connectivity index (χ4v) is 1.11. The molecule has 0 amide bonds. The van der Waals surface area contributed by atoms with Crippen molar-refractivity contribution in [3.63, 3.8) is 0 Å². The maximum Gasteiger partial charge on any atom is 0.0584 e. The lowest BCUT2D eigenvalue weighted by atomic mass is 10.2. The number of aliphatic hydroxyl groups is 1. The second kappa shape index (κ2) is 6.39. The molecule has 0 rings (SSSR count). The minimum Gasteiger partial charge on any atom is -0.395 e. The average molecular weight is 149 g/mol. The van der Waals surface area contributed by atoms with Gasteiger partial charge in [-0.15, -0.1) is 0 Å². The third kappa shape index (κ3) is 4.75. The standard InChI is InChI=1S/C6H15NOS/c1-7-6(5-8)3-4-9-2/h6-8H,3-5H2,1-2H3/t6-/m0/s1. The van der Waals surface area contributed by atoms with Crippen molar-refractivity contribution in [2.75, 3.05) is 25.7 Å². The SMILES string of the molecule is CN[C@H](CO)CCSC. The highest BCUT2D eigenvalue weighted by molar-refractivity contribution is 7.98. The molecule has 0 heterocycles. The number of aliphatic hydroxyl groups excluding tert-OH is 1. The lowest BCUT2D eigenvalue weighted by molar-refractivity contribution is 0.246. The van der Waals surface area contributed by atoms with Crippen molar-refractivity contribution in [1.29, 1.82) is 0 Å². The van der Waals surface area contributed by atoms with Crippen LogP contribution in [0.3, 0.4) is 0 Å². The Kier molecular flexibility index (Phi) is 6.58. The van der Waals surface area contributed by atoms with Crippen LogP contribution in [0.25, 0.3) is 0 Å². The van der Waals surface area contributed by atoms with Crippen molar-refractivity contribution in [1.82, 2.24) is 5.32 Å². The zero-order chi connectivity index (χ0) is 7.11. The summed E-state index contributed by atoms with van der Waals surface area (Å²) in [5.74, 6) is 1.12. The Balaban J connectivity index is 3.09. The quantitative estimate of drug-likeness (QED) is 0.590. The highest BCUT2D eigenvalue weighted by Gasteiger charge is 2.00. The van der Waals surface area contributed by atoms with Crippen molar-refractivity contribution >= 4 is 11.8 Å². The molecular weight excluding hydrogens is 134 g/mol. The highest BCUT2D eigenvalue weighted by Crippen LogP contribution is 1.98. The summed E-state index contributed by atoms with van der Waals surface area (Å²) in [6.07, 6.45) is 3.12. The first kappa shape index (κ1) is 9.27. The molecule has 0 aliphatic rings. The summed E-state index contributed by atoms with van der Waals surface area (Å²) in [6.45, 7) is 0.247. The van der Waals surface area contributed by atoms with Gasteiger partial charge in [-0.3, -0.25) is 0 Å². The van der Waals surface area contributed by atoms with Crippen molar-refractivity contribution in [2.24, 2.45) is 0 Å². The Morgan fingerprint density at radius 2 is 2.33 bits per heavy atom. The van der Waals surface area contributed by atoms with Crippen LogP contribution in [-0.2, 0) is 0 Å². The number of nitrogens with one attached hydrogen (secondary N) is 1. The molecule has 2 N–H and O–H groups in total. The molecule has 0 saturated carbocycles. The largest absolute Gasteiger partial charge is 0.395 e. The zero-order valence-electron chi connectivity index (χ0n) is 6.05. The molecule has 3 heteroatoms. The normalized spacial score (nSPS) is 13.7. The van der Waals surface area contributed by atoms with E-state index in [9.17, 15) is 0 Å². The highest BCUT2D eigenvalue weighted by atomic mass is 32.2. The van der Waals surface area contributed by atoms with E-state index in [1.165, 1.54) is 0 Å². The van der Waals surface area contributed by atoms with Crippen LogP contribution in [0.5, 0.6) is 0 Å². The first-order valence-corrected chi connectivity index (χ1v) is 4.51. The van der Waals surface area contributed by atoms with Crippen LogP contribution in [-0.4, -0.2) is 36.8 Å². The number of likely N-dealkylation sites (N-methyl/N-ethyl adjacent to an activating group) is 1. The third-order valence-electron chi connectivity index (χ3n) is 1.30. The van der Waals surface area contributed by atoms with Gasteiger partial charge in [-0.2, -0.15) is 11.8 Å². The average Bonchev–Trinajstić information content (AvgIpc) is 1.91. The molecule has 0 unspecified atom stereocenters. The van der Waals surface area contributed by atoms with Gasteiger partial charge in [-0.25, -0.2) is 0 Å². The van der Waals surface area contributed by atoms with Gasteiger partial charge in [0.1, 0.15) is 0 Å². The van der Waals surface area contributed by atoms with E-state index in [1.807, 2.05) is 18.8 Å². The first-order chi connectivity index (χ1) is 4.35. The Labute approximate surface area is 61.0 Å². The first-order valence-electron chi connectivity index (χ1n) is 3.12. The zero-order valence-corrected chi connectivity index (χ0v) is 6.87. The summed E-state index contributed by atoms with van der Waals surface area (Å²) < 4.78 is 0. The van der Waals surface area contributed by atoms with Crippen LogP contribution in [0.2, 0.25) is 0 Å². The molecule has 0 fully saturated rings. The van der Waals surface area contributed by atoms with Crippen LogP contribution in [0.1, 0.15) is 6.42 Å². The molecule has 0 aromatic rings. The number of thioether (sulfide) groups is 1. The fraction of sp³-hybridized carbons (Fsp3) is 1.00. The summed E-state index contributed by atoms with van der Waals surface area (Å²) in [5.41, 5.74) is 0. The smallest absolute Gasteiger partial charge is 0.0584 e. The molecule has 0 aliphatic carbocycles. The molecule has 0 bridgehead atoms. The van der Waals surface area contributed by atoms with Crippen LogP contribution in [0.15, 0.2) is 0 Å². The van der Waals surface area contributed by atoms with Crippen molar-refractivity contribution < 1.29 is 5.11 Å². The van der Waals surface area contributed by atoms with Crippen LogP contribution >= 0.6 is 11.8 Å². The van der Waals surface area contributed by atoms with E-state index in [1.54, 1.807) is 0 Å². The number of hydrogen-bond donors (Lipinski definition) is 2. The van der Waals surface area contributed by atoms with Crippen LogP contribution < -0.4 is 5.32 Å². The Morgan fingerprint density at radius 3 is 2.67 bits per heavy atom. The summed E-state index contributed by atoms with van der Waals surface area (Å²) in [5, 5.41) is 11.7. The van der Waals surface area contributed by atoms with Gasteiger partial charge in [0.2, 0.25) is 0 Å². The van der Waals surface area contributed by atoms with Gasteiger partial charge in [0.15, 0.2) is 0 Å². The summed E-state index contributed by atoms with van der Waals surface area (Å²) in [7, 11) is 1.88. The van der Waals surface area contributed by atoms with Gasteiger partial charge < -0.3 is 10.4 Å². The predicted molar refractivity (Wildman–Crippen MR) is 42.9 cm³/mol. The van der Waals surface area contributed by atoms with Crippen molar-refractivity contribution in [3.05, 3.63) is 0 Å². The van der Waals surface area contributed by atoms with Gasteiger partial charge >= 0.3 is 0 Å². The Bertz CT molecular complexity index is 57.0. The number of rotatable bonds is 5. The maximum atomic E-state index is 8.68. The predicted octanol–water partition coefficient (Wildman–Crippen LogP) is 0.320. The van der Waals surface area contributed by atoms with Gasteiger partial charge in [0.25, 0.3) is 0 Å². The summed E-state index contributed by atoms with van der Waals surface area (Å²) in [6, 6.07) is 0.289. The van der Waals surface area contributed by atoms with Gasteiger partial charge in [0, 0.05) is 6.04 Å². The lowest BCUT2D eigenvalue weighted by Crippen LogP contribution is -2.29. The maximum absolute atomic E-state index is 8.68. The van der Waals surface area contributed by atoms with E-state index in [-0.39, 0.29) is 12.6 Å². The summed E-state index contributed by atoms with van der Waals surface area (Å²) >= 11 is 1.81. The molecule has 0 spiro atoms. The van der Waals surface area contributed by atoms with E-state index in [0.717, 1.165) is 12.2 Å². The molecule has 9 heavy (non-hydrogen) atoms. The van der Waals surface area contributed by atoms with Gasteiger partial charge in [-0.05, 0) is 25.5 Å². The molecule has 1 atom stereocenters. The van der Waals surface area contributed by atoms with E-state index >= 15 is 0 Å². The van der Waals surface area contributed by atoms with E-state index < -0.39 is 0 Å². The van der Waals surface area contributed by atoms with E-state index in [0.29, 0.717) is 0 Å². The Morgan fingerprint density at radius 1 is 1.67 bits per heavy atom. The Hall–Kier alpha value is 0.270. The second-order valence-corrected chi connectivity index (χ2v) is 2.94. The molecule has 0 aromatic heterocycles. The van der Waals surface area contributed by atoms with E-state index in [2.05, 4.69) is 11.6 Å². The molecule has 56 valence electrons. The van der Waals surface area contributed by atoms with Gasteiger partial charge in [-0.1, -0.05) is 0 Å². The van der Waals surface area contributed by atoms with Crippen molar-refractivity contribution in [3.8, 4) is 0 Å². The molecule has 0 radical (unpaired) electrons. The molecule has 0 aromatic carbocycles. The monoisotopic (exact) mass is 149 g/mol. The van der Waals surface area contributed by atoms with Gasteiger partial charge in [0.05, 0.1) is 6.61 Å². The van der Waals surface area contributed by atoms with E-state index in [4.69, 9.17) is 5.11 Å². The molecule has 0 aliphatic heterocycles. The van der Waals surface area contributed by atoms with Crippen LogP contribution in [0.4, 0.5) is 0 Å². The minimum absolute atomic E-state index is 0.247. The number of hydrogen-bond acceptors (Lipinski definition) is 3. The van der Waals surface area contributed by atoms with Crippen molar-refractivity contribution in [2.45, 2.75) is 12.5 Å². The molecule has 2 nitrogen and oxygen atoms in total. The minimum atomic E-state index is 0.247. The lowest BCUT2D eigenvalue weighted by Gasteiger charge is -2.10. The molecular formula is C6H15NOS.